The summed E-state index contributed by atoms with van der Waals surface area (Å²) in [6.45, 7) is 4.48. The number of nitrogens with zero attached hydrogens (tertiary/aromatic N) is 3. The largest absolute Gasteiger partial charge is 0.481 e. The first-order valence-corrected chi connectivity index (χ1v) is 8.41. The zero-order valence-electron chi connectivity index (χ0n) is 14.1. The summed E-state index contributed by atoms with van der Waals surface area (Å²) >= 11 is 0. The van der Waals surface area contributed by atoms with Gasteiger partial charge in [-0.2, -0.15) is 5.10 Å². The van der Waals surface area contributed by atoms with Gasteiger partial charge in [-0.3, -0.25) is 14.3 Å². The summed E-state index contributed by atoms with van der Waals surface area (Å²) in [7, 11) is 1.89. The van der Waals surface area contributed by atoms with Gasteiger partial charge in [0.1, 0.15) is 0 Å². The number of likely N-dealkylation sites (tertiary alicyclic amines) is 1. The number of rotatable bonds is 3. The van der Waals surface area contributed by atoms with Gasteiger partial charge in [0.05, 0.1) is 18.0 Å². The molecule has 2 fully saturated rings. The van der Waals surface area contributed by atoms with E-state index in [-0.39, 0.29) is 23.8 Å². The average Bonchev–Trinajstić information content (AvgIpc) is 3.07. The van der Waals surface area contributed by atoms with Crippen LogP contribution in [0.3, 0.4) is 0 Å². The number of carbonyl (C=O) groups excluding carboxylic acids is 1. The molecule has 126 valence electrons. The van der Waals surface area contributed by atoms with E-state index in [0.29, 0.717) is 19.4 Å². The van der Waals surface area contributed by atoms with Crippen molar-refractivity contribution < 1.29 is 14.7 Å². The predicted octanol–water partition coefficient (Wildman–Crippen LogP) is 1.68. The molecule has 1 aliphatic carbocycles. The minimum absolute atomic E-state index is 0.106. The Bertz CT molecular complexity index is 637. The van der Waals surface area contributed by atoms with Crippen molar-refractivity contribution in [3.63, 3.8) is 0 Å². The smallest absolute Gasteiger partial charge is 0.306 e. The SMILES string of the molecule is Cc1nn(C)c(C)c1CC(=O)N1CCC(C(=O)O)C2CCCC21. The minimum Gasteiger partial charge on any atom is -0.481 e. The number of fused-ring (bicyclic) bond motifs is 1. The Morgan fingerprint density at radius 2 is 2.00 bits per heavy atom. The van der Waals surface area contributed by atoms with Crippen molar-refractivity contribution in [3.8, 4) is 0 Å². The number of carbonyl (C=O) groups is 2. The molecule has 1 saturated carbocycles. The molecular weight excluding hydrogens is 294 g/mol. The van der Waals surface area contributed by atoms with Crippen LogP contribution in [0.2, 0.25) is 0 Å². The fourth-order valence-electron chi connectivity index (χ4n) is 4.43. The number of aliphatic carboxylic acids is 1. The Hall–Kier alpha value is -1.85. The van der Waals surface area contributed by atoms with E-state index in [1.165, 1.54) is 0 Å². The molecule has 0 radical (unpaired) electrons. The maximum Gasteiger partial charge on any atom is 0.306 e. The monoisotopic (exact) mass is 319 g/mol. The van der Waals surface area contributed by atoms with Crippen LogP contribution >= 0.6 is 0 Å². The summed E-state index contributed by atoms with van der Waals surface area (Å²) in [5.41, 5.74) is 2.94. The molecule has 0 aromatic carbocycles. The first-order chi connectivity index (χ1) is 10.9. The molecule has 3 atom stereocenters. The molecule has 2 heterocycles. The normalized spacial score (nSPS) is 27.1. The summed E-state index contributed by atoms with van der Waals surface area (Å²) in [4.78, 5) is 26.2. The Morgan fingerprint density at radius 3 is 2.61 bits per heavy atom. The molecule has 6 nitrogen and oxygen atoms in total. The van der Waals surface area contributed by atoms with Gasteiger partial charge in [0.25, 0.3) is 0 Å². The number of aromatic nitrogens is 2. The lowest BCUT2D eigenvalue weighted by Gasteiger charge is -2.41. The number of carboxylic acids is 1. The van der Waals surface area contributed by atoms with Gasteiger partial charge < -0.3 is 10.0 Å². The second kappa shape index (κ2) is 5.98. The quantitative estimate of drug-likeness (QED) is 0.920. The molecule has 1 amide bonds. The van der Waals surface area contributed by atoms with Gasteiger partial charge in [0.2, 0.25) is 5.91 Å². The van der Waals surface area contributed by atoms with E-state index in [1.807, 2.05) is 30.5 Å². The summed E-state index contributed by atoms with van der Waals surface area (Å²) in [6, 6.07) is 0.106. The standard InChI is InChI=1S/C17H25N3O3/c1-10-14(11(2)19(3)18-10)9-16(21)20-8-7-13(17(22)23)12-5-4-6-15(12)20/h12-13,15H,4-9H2,1-3H3,(H,22,23). The van der Waals surface area contributed by atoms with Crippen molar-refractivity contribution in [1.82, 2.24) is 14.7 Å². The van der Waals surface area contributed by atoms with Crippen molar-refractivity contribution in [2.24, 2.45) is 18.9 Å². The van der Waals surface area contributed by atoms with E-state index >= 15 is 0 Å². The molecule has 2 aliphatic rings. The van der Waals surface area contributed by atoms with Crippen LogP contribution in [-0.4, -0.2) is 44.3 Å². The minimum atomic E-state index is -0.701. The summed E-state index contributed by atoms with van der Waals surface area (Å²) in [5, 5.41) is 13.8. The van der Waals surface area contributed by atoms with E-state index < -0.39 is 5.97 Å². The Balaban J connectivity index is 1.76. The van der Waals surface area contributed by atoms with Crippen molar-refractivity contribution in [3.05, 3.63) is 17.0 Å². The maximum absolute atomic E-state index is 12.8. The van der Waals surface area contributed by atoms with Crippen LogP contribution in [0.15, 0.2) is 0 Å². The molecule has 1 aliphatic heterocycles. The lowest BCUT2D eigenvalue weighted by Crippen LogP contribution is -2.51. The van der Waals surface area contributed by atoms with Crippen LogP contribution in [0.4, 0.5) is 0 Å². The lowest BCUT2D eigenvalue weighted by molar-refractivity contribution is -0.150. The molecule has 3 unspecified atom stereocenters. The van der Waals surface area contributed by atoms with Crippen molar-refractivity contribution in [1.29, 1.82) is 0 Å². The highest BCUT2D eigenvalue weighted by Crippen LogP contribution is 2.40. The Morgan fingerprint density at radius 1 is 1.26 bits per heavy atom. The zero-order valence-corrected chi connectivity index (χ0v) is 14.1. The Kier molecular flexibility index (Phi) is 4.17. The van der Waals surface area contributed by atoms with Gasteiger partial charge in [-0.25, -0.2) is 0 Å². The number of aryl methyl sites for hydroxylation is 2. The van der Waals surface area contributed by atoms with E-state index in [1.54, 1.807) is 0 Å². The zero-order chi connectivity index (χ0) is 16.7. The van der Waals surface area contributed by atoms with Crippen LogP contribution in [-0.2, 0) is 23.1 Å². The molecular formula is C17H25N3O3. The fraction of sp³-hybridized carbons (Fsp3) is 0.706. The van der Waals surface area contributed by atoms with Crippen molar-refractivity contribution in [2.75, 3.05) is 6.54 Å². The number of hydrogen-bond acceptors (Lipinski definition) is 3. The second-order valence-electron chi connectivity index (χ2n) is 6.93. The van der Waals surface area contributed by atoms with Crippen LogP contribution in [0.25, 0.3) is 0 Å². The maximum atomic E-state index is 12.8. The van der Waals surface area contributed by atoms with Crippen LogP contribution in [0.5, 0.6) is 0 Å². The van der Waals surface area contributed by atoms with E-state index in [2.05, 4.69) is 5.10 Å². The van der Waals surface area contributed by atoms with E-state index in [9.17, 15) is 14.7 Å². The molecule has 6 heteroatoms. The highest BCUT2D eigenvalue weighted by molar-refractivity contribution is 5.80. The molecule has 3 rings (SSSR count). The molecule has 1 aromatic heterocycles. The molecule has 1 saturated heterocycles. The summed E-state index contributed by atoms with van der Waals surface area (Å²) in [6.07, 6.45) is 3.83. The lowest BCUT2D eigenvalue weighted by atomic mass is 9.81. The third kappa shape index (κ3) is 2.75. The summed E-state index contributed by atoms with van der Waals surface area (Å²) < 4.78 is 1.81. The van der Waals surface area contributed by atoms with Gasteiger partial charge in [-0.15, -0.1) is 0 Å². The molecule has 1 N–H and O–H groups in total. The molecule has 1 aromatic rings. The van der Waals surface area contributed by atoms with Gasteiger partial charge in [0, 0.05) is 30.9 Å². The average molecular weight is 319 g/mol. The fourth-order valence-corrected chi connectivity index (χ4v) is 4.43. The van der Waals surface area contributed by atoms with E-state index in [4.69, 9.17) is 0 Å². The van der Waals surface area contributed by atoms with Crippen molar-refractivity contribution in [2.45, 2.75) is 52.0 Å². The third-order valence-electron chi connectivity index (χ3n) is 5.75. The van der Waals surface area contributed by atoms with Gasteiger partial charge in [0.15, 0.2) is 0 Å². The number of hydrogen-bond donors (Lipinski definition) is 1. The Labute approximate surface area is 136 Å². The van der Waals surface area contributed by atoms with Crippen LogP contribution in [0.1, 0.15) is 42.6 Å². The summed E-state index contributed by atoms with van der Waals surface area (Å²) in [5.74, 6) is -0.743. The number of piperidine rings is 1. The second-order valence-corrected chi connectivity index (χ2v) is 6.93. The highest BCUT2D eigenvalue weighted by Gasteiger charge is 2.45. The number of amides is 1. The molecule has 0 spiro atoms. The van der Waals surface area contributed by atoms with Crippen LogP contribution in [0, 0.1) is 25.7 Å². The van der Waals surface area contributed by atoms with Gasteiger partial charge in [-0.05, 0) is 39.0 Å². The highest BCUT2D eigenvalue weighted by atomic mass is 16.4. The number of carboxylic acid groups (broad SMARTS) is 1. The first kappa shape index (κ1) is 16.0. The first-order valence-electron chi connectivity index (χ1n) is 8.41. The molecule has 0 bridgehead atoms. The van der Waals surface area contributed by atoms with Gasteiger partial charge >= 0.3 is 5.97 Å². The topological polar surface area (TPSA) is 75.4 Å². The van der Waals surface area contributed by atoms with Gasteiger partial charge in [-0.1, -0.05) is 6.42 Å². The third-order valence-corrected chi connectivity index (χ3v) is 5.75. The van der Waals surface area contributed by atoms with Crippen LogP contribution < -0.4 is 0 Å². The molecule has 23 heavy (non-hydrogen) atoms. The van der Waals surface area contributed by atoms with Crippen molar-refractivity contribution >= 4 is 11.9 Å². The predicted molar refractivity (Wildman–Crippen MR) is 85.0 cm³/mol. The van der Waals surface area contributed by atoms with E-state index in [0.717, 1.165) is 36.2 Å².